The molecule has 4 rings (SSSR count). The smallest absolute Gasteiger partial charge is 0.331 e. The van der Waals surface area contributed by atoms with Crippen LogP contribution in [0.1, 0.15) is 60.8 Å². The van der Waals surface area contributed by atoms with Crippen LogP contribution in [0.3, 0.4) is 0 Å². The summed E-state index contributed by atoms with van der Waals surface area (Å²) in [5.74, 6) is -0.682. The molecule has 2 aliphatic heterocycles. The summed E-state index contributed by atoms with van der Waals surface area (Å²) in [6.07, 6.45) is 2.67. The Bertz CT molecular complexity index is 764. The van der Waals surface area contributed by atoms with Crippen molar-refractivity contribution in [2.45, 2.75) is 93.7 Å². The first-order valence-corrected chi connectivity index (χ1v) is 12.4. The van der Waals surface area contributed by atoms with Gasteiger partial charge in [0.1, 0.15) is 17.0 Å². The molecule has 0 aromatic heterocycles. The van der Waals surface area contributed by atoms with Crippen LogP contribution in [0.4, 0.5) is 0 Å². The normalized spacial score (nSPS) is 46.2. The summed E-state index contributed by atoms with van der Waals surface area (Å²) in [4.78, 5) is 25.6. The third kappa shape index (κ3) is 2.86. The molecule has 2 saturated carbocycles. The maximum Gasteiger partial charge on any atom is 0.331 e. The van der Waals surface area contributed by atoms with Gasteiger partial charge >= 0.3 is 11.9 Å². The lowest BCUT2D eigenvalue weighted by Gasteiger charge is -2.62. The van der Waals surface area contributed by atoms with Gasteiger partial charge < -0.3 is 14.6 Å². The Morgan fingerprint density at radius 1 is 1.07 bits per heavy atom. The Hall–Kier alpha value is -0.660. The van der Waals surface area contributed by atoms with Crippen molar-refractivity contribution in [3.63, 3.8) is 0 Å². The molecular formula is C22H32O5S2. The molecule has 4 aliphatic rings. The van der Waals surface area contributed by atoms with Gasteiger partial charge in [-0.05, 0) is 30.8 Å². The molecular weight excluding hydrogens is 408 g/mol. The van der Waals surface area contributed by atoms with Gasteiger partial charge in [-0.25, -0.2) is 4.79 Å². The first kappa shape index (κ1) is 21.6. The average Bonchev–Trinajstić information content (AvgIpc) is 2.87. The summed E-state index contributed by atoms with van der Waals surface area (Å²) < 4.78 is 10.9. The molecule has 5 nitrogen and oxygen atoms in total. The zero-order valence-electron chi connectivity index (χ0n) is 18.1. The number of aliphatic hydroxyl groups excluding tert-OH is 1. The maximum absolute atomic E-state index is 13.0. The predicted molar refractivity (Wildman–Crippen MR) is 116 cm³/mol. The summed E-state index contributed by atoms with van der Waals surface area (Å²) in [5.41, 5.74) is -0.574. The molecule has 162 valence electrons. The van der Waals surface area contributed by atoms with Crippen LogP contribution in [0.25, 0.3) is 0 Å². The fourth-order valence-corrected chi connectivity index (χ4v) is 9.44. The average molecular weight is 441 g/mol. The van der Waals surface area contributed by atoms with Gasteiger partial charge in [0.25, 0.3) is 0 Å². The standard InChI is InChI=1S/C22H32O5S2/c1-11(2)28-19-22(29-12(3)4)13(10-14(23)26-19)20(5)8-7-9-21(6)16(20)15(17(22)24)27-18(21)25/h10-12,15-17,19,24H,7-9H2,1-6H3/t15-,16+,17?,19?,20+,21-,22-/m0/s1. The first-order chi connectivity index (χ1) is 13.5. The largest absolute Gasteiger partial charge is 0.459 e. The number of aliphatic hydroxyl groups is 1. The van der Waals surface area contributed by atoms with Gasteiger partial charge in [-0.2, -0.15) is 0 Å². The number of hydrogen-bond donors (Lipinski definition) is 1. The molecule has 0 radical (unpaired) electrons. The van der Waals surface area contributed by atoms with Gasteiger partial charge in [-0.15, -0.1) is 23.5 Å². The van der Waals surface area contributed by atoms with Crippen LogP contribution in [-0.2, 0) is 19.1 Å². The van der Waals surface area contributed by atoms with E-state index in [1.54, 1.807) is 29.6 Å². The van der Waals surface area contributed by atoms with E-state index in [2.05, 4.69) is 34.6 Å². The Kier molecular flexibility index (Phi) is 5.15. The van der Waals surface area contributed by atoms with Gasteiger partial charge in [0.15, 0.2) is 5.44 Å². The summed E-state index contributed by atoms with van der Waals surface area (Å²) in [7, 11) is 0. The number of esters is 2. The molecule has 7 heteroatoms. The lowest BCUT2D eigenvalue weighted by Crippen LogP contribution is -2.69. The summed E-state index contributed by atoms with van der Waals surface area (Å²) in [5, 5.41) is 12.2. The van der Waals surface area contributed by atoms with Gasteiger partial charge in [0.05, 0.1) is 5.41 Å². The van der Waals surface area contributed by atoms with Crippen molar-refractivity contribution in [3.05, 3.63) is 11.6 Å². The Balaban J connectivity index is 1.95. The second-order valence-corrected chi connectivity index (χ2v) is 13.4. The summed E-state index contributed by atoms with van der Waals surface area (Å²) in [6, 6.07) is 0. The molecule has 3 fully saturated rings. The number of rotatable bonds is 4. The number of ether oxygens (including phenoxy) is 2. The van der Waals surface area contributed by atoms with E-state index in [4.69, 9.17) is 9.47 Å². The van der Waals surface area contributed by atoms with E-state index < -0.39 is 27.8 Å². The van der Waals surface area contributed by atoms with Crippen LogP contribution in [0, 0.1) is 16.7 Å². The van der Waals surface area contributed by atoms with Crippen molar-refractivity contribution in [2.24, 2.45) is 16.7 Å². The van der Waals surface area contributed by atoms with Gasteiger partial charge in [0, 0.05) is 22.5 Å². The van der Waals surface area contributed by atoms with E-state index in [0.29, 0.717) is 0 Å². The van der Waals surface area contributed by atoms with Crippen LogP contribution in [0.2, 0.25) is 0 Å². The quantitative estimate of drug-likeness (QED) is 0.664. The zero-order valence-corrected chi connectivity index (χ0v) is 19.7. The van der Waals surface area contributed by atoms with E-state index in [-0.39, 0.29) is 33.8 Å². The van der Waals surface area contributed by atoms with Crippen molar-refractivity contribution in [1.82, 2.24) is 0 Å². The second-order valence-electron chi connectivity index (χ2n) is 9.95. The molecule has 0 amide bonds. The molecule has 0 spiro atoms. The second kappa shape index (κ2) is 6.92. The number of carbonyl (C=O) groups is 2. The molecule has 2 unspecified atom stereocenters. The molecule has 0 aromatic rings. The summed E-state index contributed by atoms with van der Waals surface area (Å²) in [6.45, 7) is 12.5. The highest BCUT2D eigenvalue weighted by molar-refractivity contribution is 8.05. The monoisotopic (exact) mass is 440 g/mol. The lowest BCUT2D eigenvalue weighted by atomic mass is 9.47. The van der Waals surface area contributed by atoms with Crippen molar-refractivity contribution < 1.29 is 24.2 Å². The van der Waals surface area contributed by atoms with E-state index in [0.717, 1.165) is 24.8 Å². The highest BCUT2D eigenvalue weighted by Crippen LogP contribution is 2.70. The zero-order chi connectivity index (χ0) is 21.4. The lowest BCUT2D eigenvalue weighted by molar-refractivity contribution is -0.157. The van der Waals surface area contributed by atoms with Crippen LogP contribution >= 0.6 is 23.5 Å². The van der Waals surface area contributed by atoms with Crippen LogP contribution in [0.15, 0.2) is 11.6 Å². The minimum atomic E-state index is -0.924. The van der Waals surface area contributed by atoms with Crippen molar-refractivity contribution in [1.29, 1.82) is 0 Å². The van der Waals surface area contributed by atoms with E-state index >= 15 is 0 Å². The topological polar surface area (TPSA) is 72.8 Å². The highest BCUT2D eigenvalue weighted by Gasteiger charge is 2.75. The molecule has 1 saturated heterocycles. The minimum absolute atomic E-state index is 0.131. The van der Waals surface area contributed by atoms with Crippen LogP contribution in [-0.4, -0.2) is 49.9 Å². The SMILES string of the molecule is CC(C)SC1OC(=O)C=C2[C@]1(SC(C)C)C(O)[C@H]1OC(=O)[C@@]3(C)CCC[C@@]2(C)[C@@H]13. The first-order valence-electron chi connectivity index (χ1n) is 10.6. The molecule has 2 heterocycles. The van der Waals surface area contributed by atoms with Crippen LogP contribution in [0.5, 0.6) is 0 Å². The minimum Gasteiger partial charge on any atom is -0.459 e. The van der Waals surface area contributed by atoms with Crippen LogP contribution < -0.4 is 0 Å². The number of carbonyl (C=O) groups excluding carboxylic acids is 2. The molecule has 0 aromatic carbocycles. The third-order valence-corrected chi connectivity index (χ3v) is 10.2. The third-order valence-electron chi connectivity index (χ3n) is 7.25. The molecule has 2 aliphatic carbocycles. The number of hydrogen-bond acceptors (Lipinski definition) is 7. The van der Waals surface area contributed by atoms with E-state index in [1.165, 1.54) is 0 Å². The number of thioether (sulfide) groups is 2. The molecule has 29 heavy (non-hydrogen) atoms. The van der Waals surface area contributed by atoms with Crippen molar-refractivity contribution >= 4 is 35.5 Å². The number of fused-ring (bicyclic) bond motifs is 2. The van der Waals surface area contributed by atoms with E-state index in [9.17, 15) is 14.7 Å². The Morgan fingerprint density at radius 3 is 2.34 bits per heavy atom. The molecule has 0 bridgehead atoms. The molecule has 7 atom stereocenters. The highest BCUT2D eigenvalue weighted by atomic mass is 32.2. The van der Waals surface area contributed by atoms with Crippen molar-refractivity contribution in [3.8, 4) is 0 Å². The van der Waals surface area contributed by atoms with Crippen molar-refractivity contribution in [2.75, 3.05) is 0 Å². The Labute approximate surface area is 181 Å². The van der Waals surface area contributed by atoms with Gasteiger partial charge in [-0.1, -0.05) is 41.0 Å². The predicted octanol–water partition coefficient (Wildman–Crippen LogP) is 3.93. The Morgan fingerprint density at radius 2 is 1.72 bits per heavy atom. The van der Waals surface area contributed by atoms with Gasteiger partial charge in [0.2, 0.25) is 0 Å². The number of cyclic esters (lactones) is 1. The van der Waals surface area contributed by atoms with Gasteiger partial charge in [-0.3, -0.25) is 4.79 Å². The summed E-state index contributed by atoms with van der Waals surface area (Å²) >= 11 is 3.22. The maximum atomic E-state index is 13.0. The fourth-order valence-electron chi connectivity index (χ4n) is 6.36. The molecule has 1 N–H and O–H groups in total. The van der Waals surface area contributed by atoms with E-state index in [1.807, 2.05) is 6.92 Å². The fraction of sp³-hybridized carbons (Fsp3) is 0.818.